The second-order valence-corrected chi connectivity index (χ2v) is 5.06. The molecule has 5 heteroatoms. The van der Waals surface area contributed by atoms with Crippen molar-refractivity contribution in [3.05, 3.63) is 0 Å². The van der Waals surface area contributed by atoms with Crippen LogP contribution in [0.5, 0.6) is 0 Å². The molecule has 1 saturated carbocycles. The van der Waals surface area contributed by atoms with Crippen LogP contribution < -0.4 is 5.32 Å². The van der Waals surface area contributed by atoms with Gasteiger partial charge in [0.25, 0.3) is 0 Å². The number of carbonyl (C=O) groups is 2. The molecule has 2 aliphatic rings. The molecule has 0 bridgehead atoms. The number of hydrogen-bond donors (Lipinski definition) is 2. The van der Waals surface area contributed by atoms with Crippen LogP contribution in [0.4, 0.5) is 0 Å². The van der Waals surface area contributed by atoms with E-state index in [1.54, 1.807) is 0 Å². The second kappa shape index (κ2) is 5.49. The number of carboxylic acid groups (broad SMARTS) is 1. The molecule has 2 rings (SSSR count). The van der Waals surface area contributed by atoms with E-state index in [1.807, 2.05) is 4.90 Å². The maximum atomic E-state index is 11.7. The molecule has 0 aromatic carbocycles. The van der Waals surface area contributed by atoms with Gasteiger partial charge in [0.2, 0.25) is 5.91 Å². The minimum Gasteiger partial charge on any atom is -0.481 e. The maximum absolute atomic E-state index is 11.7. The van der Waals surface area contributed by atoms with E-state index in [0.29, 0.717) is 12.6 Å². The Bertz CT molecular complexity index is 302. The van der Waals surface area contributed by atoms with Crippen molar-refractivity contribution >= 4 is 11.9 Å². The van der Waals surface area contributed by atoms with Crippen molar-refractivity contribution in [2.75, 3.05) is 13.1 Å². The van der Waals surface area contributed by atoms with E-state index in [9.17, 15) is 9.59 Å². The number of hydrogen-bond acceptors (Lipinski definition) is 3. The number of piperidine rings is 1. The first-order valence-corrected chi connectivity index (χ1v) is 6.40. The van der Waals surface area contributed by atoms with Gasteiger partial charge in [-0.05, 0) is 32.2 Å². The molecule has 1 amide bonds. The fourth-order valence-electron chi connectivity index (χ4n) is 2.39. The van der Waals surface area contributed by atoms with Gasteiger partial charge in [-0.25, -0.2) is 0 Å². The van der Waals surface area contributed by atoms with E-state index in [1.165, 1.54) is 0 Å². The van der Waals surface area contributed by atoms with Gasteiger partial charge in [0, 0.05) is 12.1 Å². The number of nitrogens with zero attached hydrogens (tertiary/aromatic N) is 1. The molecule has 1 aliphatic carbocycles. The Kier molecular flexibility index (Phi) is 3.99. The fourth-order valence-corrected chi connectivity index (χ4v) is 2.39. The summed E-state index contributed by atoms with van der Waals surface area (Å²) in [7, 11) is 0. The summed E-state index contributed by atoms with van der Waals surface area (Å²) in [6.07, 6.45) is 5.35. The highest BCUT2D eigenvalue weighted by atomic mass is 16.4. The third-order valence-electron chi connectivity index (χ3n) is 3.45. The van der Waals surface area contributed by atoms with Gasteiger partial charge in [-0.15, -0.1) is 0 Å². The van der Waals surface area contributed by atoms with Crippen LogP contribution in [-0.4, -0.2) is 47.1 Å². The fraction of sp³-hybridized carbons (Fsp3) is 0.833. The molecule has 96 valence electrons. The van der Waals surface area contributed by atoms with Crippen LogP contribution in [0.1, 0.15) is 38.5 Å². The summed E-state index contributed by atoms with van der Waals surface area (Å²) in [6.45, 7) is 1.20. The number of rotatable bonds is 5. The van der Waals surface area contributed by atoms with Crippen LogP contribution in [0.15, 0.2) is 0 Å². The normalized spacial score (nSPS) is 25.5. The summed E-state index contributed by atoms with van der Waals surface area (Å²) >= 11 is 0. The number of carbonyl (C=O) groups excluding carboxylic acids is 1. The molecule has 1 aliphatic heterocycles. The molecule has 2 N–H and O–H groups in total. The zero-order valence-corrected chi connectivity index (χ0v) is 10.0. The summed E-state index contributed by atoms with van der Waals surface area (Å²) in [5, 5.41) is 11.8. The molecule has 1 atom stereocenters. The highest BCUT2D eigenvalue weighted by Crippen LogP contribution is 2.21. The highest BCUT2D eigenvalue weighted by Gasteiger charge is 2.28. The Labute approximate surface area is 101 Å². The molecular formula is C12H20N2O3. The lowest BCUT2D eigenvalue weighted by atomic mass is 9.99. The maximum Gasteiger partial charge on any atom is 0.304 e. The summed E-state index contributed by atoms with van der Waals surface area (Å²) in [5.41, 5.74) is 0. The largest absolute Gasteiger partial charge is 0.481 e. The van der Waals surface area contributed by atoms with Crippen LogP contribution in [-0.2, 0) is 9.59 Å². The van der Waals surface area contributed by atoms with Gasteiger partial charge in [0.05, 0.1) is 13.0 Å². The van der Waals surface area contributed by atoms with Crippen LogP contribution in [0.25, 0.3) is 0 Å². The van der Waals surface area contributed by atoms with Crippen LogP contribution in [0.2, 0.25) is 0 Å². The smallest absolute Gasteiger partial charge is 0.304 e. The van der Waals surface area contributed by atoms with Crippen molar-refractivity contribution in [3.63, 3.8) is 0 Å². The van der Waals surface area contributed by atoms with Gasteiger partial charge >= 0.3 is 5.97 Å². The SMILES string of the molecule is O=C(O)CC1CCCCN1CC(=O)NC1CC1. The molecule has 1 unspecified atom stereocenters. The topological polar surface area (TPSA) is 69.6 Å². The van der Waals surface area contributed by atoms with Crippen molar-refractivity contribution in [3.8, 4) is 0 Å². The molecule has 0 radical (unpaired) electrons. The molecular weight excluding hydrogens is 220 g/mol. The second-order valence-electron chi connectivity index (χ2n) is 5.06. The molecule has 5 nitrogen and oxygen atoms in total. The summed E-state index contributed by atoms with van der Waals surface area (Å²) < 4.78 is 0. The van der Waals surface area contributed by atoms with Gasteiger partial charge in [-0.2, -0.15) is 0 Å². The van der Waals surface area contributed by atoms with E-state index < -0.39 is 5.97 Å². The Hall–Kier alpha value is -1.10. The van der Waals surface area contributed by atoms with E-state index in [2.05, 4.69) is 5.32 Å². The first-order chi connectivity index (χ1) is 8.15. The monoisotopic (exact) mass is 240 g/mol. The lowest BCUT2D eigenvalue weighted by Gasteiger charge is -2.34. The third kappa shape index (κ3) is 4.00. The Morgan fingerprint density at radius 2 is 2.00 bits per heavy atom. The lowest BCUT2D eigenvalue weighted by molar-refractivity contribution is -0.139. The minimum absolute atomic E-state index is 0.0335. The zero-order valence-electron chi connectivity index (χ0n) is 10.0. The summed E-state index contributed by atoms with van der Waals surface area (Å²) in [5.74, 6) is -0.728. The third-order valence-corrected chi connectivity index (χ3v) is 3.45. The summed E-state index contributed by atoms with van der Waals surface area (Å²) in [6, 6.07) is 0.413. The van der Waals surface area contributed by atoms with E-state index in [-0.39, 0.29) is 18.4 Å². The predicted molar refractivity (Wildman–Crippen MR) is 62.6 cm³/mol. The molecule has 0 aromatic heterocycles. The van der Waals surface area contributed by atoms with E-state index in [0.717, 1.165) is 38.6 Å². The van der Waals surface area contributed by atoms with Crippen LogP contribution >= 0.6 is 0 Å². The number of likely N-dealkylation sites (tertiary alicyclic amines) is 1. The number of aliphatic carboxylic acids is 1. The number of amides is 1. The first kappa shape index (κ1) is 12.4. The van der Waals surface area contributed by atoms with Crippen molar-refractivity contribution in [2.45, 2.75) is 50.6 Å². The zero-order chi connectivity index (χ0) is 12.3. The number of nitrogens with one attached hydrogen (secondary N) is 1. The lowest BCUT2D eigenvalue weighted by Crippen LogP contribution is -2.46. The van der Waals surface area contributed by atoms with Gasteiger partial charge in [0.1, 0.15) is 0 Å². The Balaban J connectivity index is 1.81. The van der Waals surface area contributed by atoms with E-state index in [4.69, 9.17) is 5.11 Å². The standard InChI is InChI=1S/C12H20N2O3/c15-11(13-9-4-5-9)8-14-6-2-1-3-10(14)7-12(16)17/h9-10H,1-8H2,(H,13,15)(H,16,17). The summed E-state index contributed by atoms with van der Waals surface area (Å²) in [4.78, 5) is 24.5. The first-order valence-electron chi connectivity index (χ1n) is 6.40. The minimum atomic E-state index is -0.774. The molecule has 0 aromatic rings. The molecule has 1 heterocycles. The van der Waals surface area contributed by atoms with Gasteiger partial charge in [-0.3, -0.25) is 14.5 Å². The Morgan fingerprint density at radius 1 is 1.24 bits per heavy atom. The van der Waals surface area contributed by atoms with Crippen molar-refractivity contribution in [1.82, 2.24) is 10.2 Å². The average Bonchev–Trinajstić information content (AvgIpc) is 3.04. The molecule has 0 spiro atoms. The molecule has 2 fully saturated rings. The van der Waals surface area contributed by atoms with Crippen LogP contribution in [0, 0.1) is 0 Å². The van der Waals surface area contributed by atoms with Crippen molar-refractivity contribution in [1.29, 1.82) is 0 Å². The van der Waals surface area contributed by atoms with Crippen LogP contribution in [0.3, 0.4) is 0 Å². The van der Waals surface area contributed by atoms with Gasteiger partial charge < -0.3 is 10.4 Å². The number of carboxylic acids is 1. The van der Waals surface area contributed by atoms with Gasteiger partial charge in [-0.1, -0.05) is 6.42 Å². The predicted octanol–water partition coefficient (Wildman–Crippen LogP) is 0.594. The molecule has 1 saturated heterocycles. The highest BCUT2D eigenvalue weighted by molar-refractivity contribution is 5.78. The average molecular weight is 240 g/mol. The molecule has 17 heavy (non-hydrogen) atoms. The Morgan fingerprint density at radius 3 is 2.65 bits per heavy atom. The quantitative estimate of drug-likeness (QED) is 0.738. The van der Waals surface area contributed by atoms with Gasteiger partial charge in [0.15, 0.2) is 0 Å². The van der Waals surface area contributed by atoms with Crippen molar-refractivity contribution < 1.29 is 14.7 Å². The van der Waals surface area contributed by atoms with Crippen molar-refractivity contribution in [2.24, 2.45) is 0 Å². The van der Waals surface area contributed by atoms with E-state index >= 15 is 0 Å².